The van der Waals surface area contributed by atoms with E-state index in [4.69, 9.17) is 10.00 Å². The molecule has 0 fully saturated rings. The van der Waals surface area contributed by atoms with Crippen molar-refractivity contribution in [2.75, 3.05) is 12.4 Å². The van der Waals surface area contributed by atoms with Gasteiger partial charge in [-0.2, -0.15) is 5.26 Å². The van der Waals surface area contributed by atoms with Crippen LogP contribution in [0.2, 0.25) is 0 Å². The highest BCUT2D eigenvalue weighted by molar-refractivity contribution is 7.99. The second-order valence-electron chi connectivity index (χ2n) is 5.83. The van der Waals surface area contributed by atoms with Crippen molar-refractivity contribution in [2.24, 2.45) is 0 Å². The van der Waals surface area contributed by atoms with E-state index in [9.17, 15) is 0 Å². The van der Waals surface area contributed by atoms with Crippen LogP contribution in [0.3, 0.4) is 0 Å². The Morgan fingerprint density at radius 2 is 1.85 bits per heavy atom. The van der Waals surface area contributed by atoms with Gasteiger partial charge in [-0.25, -0.2) is 0 Å². The zero-order valence-corrected chi connectivity index (χ0v) is 15.7. The molecule has 132 valence electrons. The summed E-state index contributed by atoms with van der Waals surface area (Å²) in [6.07, 6.45) is 0.421. The summed E-state index contributed by atoms with van der Waals surface area (Å²) in [5.41, 5.74) is 3.29. The maximum atomic E-state index is 8.70. The molecule has 0 saturated carbocycles. The van der Waals surface area contributed by atoms with E-state index in [-0.39, 0.29) is 0 Å². The Kier molecular flexibility index (Phi) is 5.92. The van der Waals surface area contributed by atoms with Crippen molar-refractivity contribution >= 4 is 11.8 Å². The first-order chi connectivity index (χ1) is 12.7. The van der Waals surface area contributed by atoms with Gasteiger partial charge in [0.15, 0.2) is 5.16 Å². The average molecular weight is 364 g/mol. The van der Waals surface area contributed by atoms with Gasteiger partial charge in [-0.3, -0.25) is 4.57 Å². The molecular weight excluding hydrogens is 344 g/mol. The number of rotatable bonds is 7. The van der Waals surface area contributed by atoms with E-state index >= 15 is 0 Å². The predicted octanol–water partition coefficient (Wildman–Crippen LogP) is 4.12. The Morgan fingerprint density at radius 3 is 2.58 bits per heavy atom. The lowest BCUT2D eigenvalue weighted by atomic mass is 10.2. The third-order valence-corrected chi connectivity index (χ3v) is 4.83. The van der Waals surface area contributed by atoms with Gasteiger partial charge in [0.05, 0.1) is 24.8 Å². The molecule has 0 aliphatic heterocycles. The standard InChI is InChI=1S/C20H20N4OS/c1-15-5-3-4-6-19(15)24-16(2)22-23-20(24)26-14-13-25-18-9-7-17(8-10-18)11-12-21/h3-10H,11,13-14H2,1-2H3. The van der Waals surface area contributed by atoms with E-state index in [1.165, 1.54) is 5.56 Å². The van der Waals surface area contributed by atoms with Crippen LogP contribution in [-0.2, 0) is 6.42 Å². The summed E-state index contributed by atoms with van der Waals surface area (Å²) in [5, 5.41) is 18.1. The number of aromatic nitrogens is 3. The number of para-hydroxylation sites is 1. The maximum absolute atomic E-state index is 8.70. The minimum absolute atomic E-state index is 0.421. The zero-order chi connectivity index (χ0) is 18.4. The largest absolute Gasteiger partial charge is 0.493 e. The Labute approximate surface area is 157 Å². The van der Waals surface area contributed by atoms with Crippen LogP contribution in [0.5, 0.6) is 5.75 Å². The molecule has 0 aliphatic rings. The van der Waals surface area contributed by atoms with Crippen molar-refractivity contribution in [1.29, 1.82) is 5.26 Å². The Balaban J connectivity index is 1.59. The van der Waals surface area contributed by atoms with Crippen LogP contribution in [0.1, 0.15) is 17.0 Å². The fourth-order valence-electron chi connectivity index (χ4n) is 2.62. The molecule has 2 aromatic carbocycles. The molecule has 6 heteroatoms. The van der Waals surface area contributed by atoms with Gasteiger partial charge in [-0.15, -0.1) is 10.2 Å². The molecule has 1 aromatic heterocycles. The number of benzene rings is 2. The number of thioether (sulfide) groups is 1. The van der Waals surface area contributed by atoms with Crippen molar-refractivity contribution in [3.8, 4) is 17.5 Å². The van der Waals surface area contributed by atoms with Crippen LogP contribution in [0.25, 0.3) is 5.69 Å². The topological polar surface area (TPSA) is 63.7 Å². The van der Waals surface area contributed by atoms with Crippen LogP contribution in [-0.4, -0.2) is 27.1 Å². The van der Waals surface area contributed by atoms with Crippen molar-refractivity contribution in [2.45, 2.75) is 25.4 Å². The Bertz CT molecular complexity index is 912. The third kappa shape index (κ3) is 4.24. The average Bonchev–Trinajstić information content (AvgIpc) is 3.01. The van der Waals surface area contributed by atoms with Gasteiger partial charge in [0.2, 0.25) is 0 Å². The number of nitrogens with zero attached hydrogens (tertiary/aromatic N) is 4. The molecule has 0 aliphatic carbocycles. The summed E-state index contributed by atoms with van der Waals surface area (Å²) in [6, 6.07) is 18.0. The van der Waals surface area contributed by atoms with Gasteiger partial charge in [0, 0.05) is 5.75 Å². The highest BCUT2D eigenvalue weighted by Gasteiger charge is 2.12. The smallest absolute Gasteiger partial charge is 0.195 e. The lowest BCUT2D eigenvalue weighted by Crippen LogP contribution is -2.04. The van der Waals surface area contributed by atoms with E-state index in [0.717, 1.165) is 33.7 Å². The van der Waals surface area contributed by atoms with Crippen LogP contribution >= 0.6 is 11.8 Å². The molecule has 3 rings (SSSR count). The summed E-state index contributed by atoms with van der Waals surface area (Å²) in [5.74, 6) is 2.45. The van der Waals surface area contributed by atoms with Gasteiger partial charge < -0.3 is 4.74 Å². The predicted molar refractivity (Wildman–Crippen MR) is 103 cm³/mol. The van der Waals surface area contributed by atoms with Crippen molar-refractivity contribution in [3.05, 3.63) is 65.5 Å². The molecular formula is C20H20N4OS. The first-order valence-electron chi connectivity index (χ1n) is 8.38. The Hall–Kier alpha value is -2.78. The van der Waals surface area contributed by atoms with Crippen molar-refractivity contribution < 1.29 is 4.74 Å². The second-order valence-corrected chi connectivity index (χ2v) is 6.89. The molecule has 0 N–H and O–H groups in total. The van der Waals surface area contributed by atoms with Crippen LogP contribution < -0.4 is 4.74 Å². The fourth-order valence-corrected chi connectivity index (χ4v) is 3.42. The first-order valence-corrected chi connectivity index (χ1v) is 9.37. The summed E-state index contributed by atoms with van der Waals surface area (Å²) in [4.78, 5) is 0. The monoisotopic (exact) mass is 364 g/mol. The number of nitriles is 1. The second kappa shape index (κ2) is 8.54. The molecule has 0 atom stereocenters. The molecule has 0 unspecified atom stereocenters. The molecule has 26 heavy (non-hydrogen) atoms. The van der Waals surface area contributed by atoms with Gasteiger partial charge in [-0.05, 0) is 43.2 Å². The zero-order valence-electron chi connectivity index (χ0n) is 14.8. The van der Waals surface area contributed by atoms with E-state index < -0.39 is 0 Å². The third-order valence-electron chi connectivity index (χ3n) is 3.94. The Morgan fingerprint density at radius 1 is 1.08 bits per heavy atom. The van der Waals surface area contributed by atoms with Crippen LogP contribution in [0.4, 0.5) is 0 Å². The number of aryl methyl sites for hydroxylation is 2. The number of hydrogen-bond donors (Lipinski definition) is 0. The first kappa shape index (κ1) is 18.0. The number of hydrogen-bond acceptors (Lipinski definition) is 5. The SMILES string of the molecule is Cc1ccccc1-n1c(C)nnc1SCCOc1ccc(CC#N)cc1. The van der Waals surface area contributed by atoms with Gasteiger partial charge >= 0.3 is 0 Å². The lowest BCUT2D eigenvalue weighted by molar-refractivity contribution is 0.344. The van der Waals surface area contributed by atoms with Gasteiger partial charge in [0.1, 0.15) is 11.6 Å². The van der Waals surface area contributed by atoms with E-state index in [1.54, 1.807) is 11.8 Å². The highest BCUT2D eigenvalue weighted by atomic mass is 32.2. The van der Waals surface area contributed by atoms with E-state index in [2.05, 4.69) is 39.9 Å². The van der Waals surface area contributed by atoms with Crippen molar-refractivity contribution in [1.82, 2.24) is 14.8 Å². The lowest BCUT2D eigenvalue weighted by Gasteiger charge is -2.11. The van der Waals surface area contributed by atoms with E-state index in [1.807, 2.05) is 43.3 Å². The van der Waals surface area contributed by atoms with Crippen LogP contribution in [0.15, 0.2) is 53.7 Å². The molecule has 0 saturated heterocycles. The quantitative estimate of drug-likeness (QED) is 0.466. The summed E-state index contributed by atoms with van der Waals surface area (Å²) < 4.78 is 7.86. The van der Waals surface area contributed by atoms with Crippen molar-refractivity contribution in [3.63, 3.8) is 0 Å². The van der Waals surface area contributed by atoms with E-state index in [0.29, 0.717) is 13.0 Å². The highest BCUT2D eigenvalue weighted by Crippen LogP contribution is 2.24. The molecule has 3 aromatic rings. The molecule has 0 radical (unpaired) electrons. The minimum atomic E-state index is 0.421. The van der Waals surface area contributed by atoms with Crippen LogP contribution in [0, 0.1) is 25.2 Å². The number of ether oxygens (including phenoxy) is 1. The molecule has 5 nitrogen and oxygen atoms in total. The molecule has 1 heterocycles. The normalized spacial score (nSPS) is 10.5. The summed E-state index contributed by atoms with van der Waals surface area (Å²) in [7, 11) is 0. The maximum Gasteiger partial charge on any atom is 0.195 e. The molecule has 0 spiro atoms. The molecule has 0 bridgehead atoms. The van der Waals surface area contributed by atoms with Gasteiger partial charge in [-0.1, -0.05) is 42.1 Å². The summed E-state index contributed by atoms with van der Waals surface area (Å²) in [6.45, 7) is 4.62. The fraction of sp³-hybridized carbons (Fsp3) is 0.250. The minimum Gasteiger partial charge on any atom is -0.493 e. The van der Waals surface area contributed by atoms with Gasteiger partial charge in [0.25, 0.3) is 0 Å². The molecule has 0 amide bonds. The summed E-state index contributed by atoms with van der Waals surface area (Å²) >= 11 is 1.62.